The number of methoxy groups -OCH3 is 2. The number of nitrogens with zero attached hydrogens (tertiary/aromatic N) is 1. The minimum absolute atomic E-state index is 0.00939. The summed E-state index contributed by atoms with van der Waals surface area (Å²) in [6.07, 6.45) is 2.84. The largest absolute Gasteiger partial charge is 0.497 e. The summed E-state index contributed by atoms with van der Waals surface area (Å²) in [5, 5.41) is 1.15. The van der Waals surface area contributed by atoms with Gasteiger partial charge < -0.3 is 19.2 Å². The number of ether oxygens (including phenoxy) is 3. The second-order valence-corrected chi connectivity index (χ2v) is 8.43. The first-order valence-electron chi connectivity index (χ1n) is 10.4. The van der Waals surface area contributed by atoms with Gasteiger partial charge in [0.1, 0.15) is 6.04 Å². The first-order chi connectivity index (χ1) is 14.5. The van der Waals surface area contributed by atoms with E-state index in [9.17, 15) is 9.59 Å². The Hall–Kier alpha value is -2.80. The third-order valence-corrected chi connectivity index (χ3v) is 7.10. The maximum Gasteiger partial charge on any atom is 0.337 e. The molecule has 0 saturated carbocycles. The van der Waals surface area contributed by atoms with Gasteiger partial charge in [-0.15, -0.1) is 0 Å². The molecule has 1 aromatic heterocycles. The predicted octanol–water partition coefficient (Wildman–Crippen LogP) is 2.72. The van der Waals surface area contributed by atoms with Crippen LogP contribution in [-0.4, -0.2) is 54.7 Å². The third-order valence-electron chi connectivity index (χ3n) is 7.10. The van der Waals surface area contributed by atoms with Crippen LogP contribution in [0.15, 0.2) is 36.1 Å². The fraction of sp³-hybridized carbons (Fsp3) is 0.478. The average Bonchev–Trinajstić information content (AvgIpc) is 3.15. The van der Waals surface area contributed by atoms with Gasteiger partial charge in [0.2, 0.25) is 0 Å². The molecular formula is C23H26N2O5. The number of carbonyl (C=O) groups is 2. The summed E-state index contributed by atoms with van der Waals surface area (Å²) in [5.41, 5.74) is 3.96. The van der Waals surface area contributed by atoms with E-state index in [1.807, 2.05) is 19.1 Å². The van der Waals surface area contributed by atoms with Crippen LogP contribution >= 0.6 is 0 Å². The number of para-hydroxylation sites is 1. The Labute approximate surface area is 175 Å². The second-order valence-electron chi connectivity index (χ2n) is 8.43. The summed E-state index contributed by atoms with van der Waals surface area (Å²) in [6.45, 7) is 2.67. The van der Waals surface area contributed by atoms with Crippen LogP contribution in [0.3, 0.4) is 0 Å². The maximum atomic E-state index is 12.8. The number of hydrogen-bond donors (Lipinski definition) is 1. The molecule has 3 aliphatic rings. The van der Waals surface area contributed by atoms with Gasteiger partial charge in [0.25, 0.3) is 0 Å². The van der Waals surface area contributed by atoms with Gasteiger partial charge in [0, 0.05) is 41.4 Å². The van der Waals surface area contributed by atoms with Crippen LogP contribution < -0.4 is 0 Å². The molecule has 1 saturated heterocycles. The lowest BCUT2D eigenvalue weighted by Gasteiger charge is -2.51. The van der Waals surface area contributed by atoms with Crippen molar-refractivity contribution >= 4 is 22.8 Å². The van der Waals surface area contributed by atoms with Crippen LogP contribution in [0.1, 0.15) is 30.6 Å². The number of piperidine rings is 1. The number of rotatable bonds is 2. The third kappa shape index (κ3) is 2.75. The maximum absolute atomic E-state index is 12.8. The summed E-state index contributed by atoms with van der Waals surface area (Å²) in [6, 6.07) is 7.82. The van der Waals surface area contributed by atoms with Crippen molar-refractivity contribution in [1.82, 2.24) is 9.88 Å². The van der Waals surface area contributed by atoms with Crippen molar-refractivity contribution in [2.45, 2.75) is 38.0 Å². The second kappa shape index (κ2) is 7.16. The van der Waals surface area contributed by atoms with Crippen LogP contribution in [0.4, 0.5) is 0 Å². The van der Waals surface area contributed by atoms with Gasteiger partial charge in [-0.1, -0.05) is 18.2 Å². The highest BCUT2D eigenvalue weighted by molar-refractivity contribution is 5.89. The van der Waals surface area contributed by atoms with Crippen LogP contribution in [0, 0.1) is 11.8 Å². The molecule has 5 rings (SSSR count). The van der Waals surface area contributed by atoms with E-state index in [0.717, 1.165) is 16.6 Å². The predicted molar refractivity (Wildman–Crippen MR) is 109 cm³/mol. The smallest absolute Gasteiger partial charge is 0.337 e. The summed E-state index contributed by atoms with van der Waals surface area (Å²) >= 11 is 0. The van der Waals surface area contributed by atoms with Gasteiger partial charge in [0.15, 0.2) is 0 Å². The molecule has 4 heterocycles. The number of hydrogen-bond acceptors (Lipinski definition) is 6. The summed E-state index contributed by atoms with van der Waals surface area (Å²) in [4.78, 5) is 31.0. The molecule has 7 nitrogen and oxygen atoms in total. The van der Waals surface area contributed by atoms with E-state index in [1.165, 1.54) is 19.8 Å². The van der Waals surface area contributed by atoms with E-state index < -0.39 is 0 Å². The van der Waals surface area contributed by atoms with E-state index >= 15 is 0 Å². The molecule has 30 heavy (non-hydrogen) atoms. The molecule has 0 spiro atoms. The molecule has 3 unspecified atom stereocenters. The average molecular weight is 410 g/mol. The lowest BCUT2D eigenvalue weighted by atomic mass is 9.71. The topological polar surface area (TPSA) is 80.9 Å². The Balaban J connectivity index is 1.61. The van der Waals surface area contributed by atoms with Gasteiger partial charge >= 0.3 is 11.9 Å². The minimum Gasteiger partial charge on any atom is -0.497 e. The standard InChI is InChI=1S/C23H26N2O5/c1-12-16-10-25-19(8-14(16)17(11-30-12)22(26)28-2)21-15(9-20(25)23(27)29-3)13-6-4-5-7-18(13)24-21/h4-7,11-12,14,16,19-20,24H,8-10H2,1-3H3/t12-,14?,16?,19?,20-/m0/s1. The zero-order valence-electron chi connectivity index (χ0n) is 17.4. The molecule has 2 aromatic rings. The molecule has 0 amide bonds. The molecule has 0 bridgehead atoms. The lowest BCUT2D eigenvalue weighted by Crippen LogP contribution is -2.57. The molecule has 1 N–H and O–H groups in total. The number of fused-ring (bicyclic) bond motifs is 6. The molecule has 5 atom stereocenters. The first kappa shape index (κ1) is 19.2. The van der Waals surface area contributed by atoms with Gasteiger partial charge in [-0.05, 0) is 25.0 Å². The van der Waals surface area contributed by atoms with Crippen molar-refractivity contribution in [3.8, 4) is 0 Å². The van der Waals surface area contributed by atoms with Crippen LogP contribution in [0.25, 0.3) is 10.9 Å². The van der Waals surface area contributed by atoms with Crippen molar-refractivity contribution in [3.05, 3.63) is 47.4 Å². The first-order valence-corrected chi connectivity index (χ1v) is 10.4. The molecule has 1 aromatic carbocycles. The van der Waals surface area contributed by atoms with E-state index in [-0.39, 0.29) is 42.0 Å². The van der Waals surface area contributed by atoms with Gasteiger partial charge in [0.05, 0.1) is 38.2 Å². The highest BCUT2D eigenvalue weighted by Gasteiger charge is 2.50. The molecule has 3 aliphatic heterocycles. The van der Waals surface area contributed by atoms with Gasteiger partial charge in [-0.25, -0.2) is 4.79 Å². The normalized spacial score (nSPS) is 30.4. The summed E-state index contributed by atoms with van der Waals surface area (Å²) in [7, 11) is 2.84. The Morgan fingerprint density at radius 1 is 1.20 bits per heavy atom. The Bertz CT molecular complexity index is 1040. The summed E-state index contributed by atoms with van der Waals surface area (Å²) in [5.74, 6) is -0.457. The zero-order valence-corrected chi connectivity index (χ0v) is 17.4. The fourth-order valence-corrected chi connectivity index (χ4v) is 5.59. The van der Waals surface area contributed by atoms with Crippen molar-refractivity contribution in [1.29, 1.82) is 0 Å². The molecule has 0 aliphatic carbocycles. The fourth-order valence-electron chi connectivity index (χ4n) is 5.59. The van der Waals surface area contributed by atoms with E-state index in [0.29, 0.717) is 25.0 Å². The molecular weight excluding hydrogens is 384 g/mol. The molecule has 1 fully saturated rings. The highest BCUT2D eigenvalue weighted by atomic mass is 16.5. The number of nitrogens with one attached hydrogen (secondary N) is 1. The zero-order chi connectivity index (χ0) is 21.0. The summed E-state index contributed by atoms with van der Waals surface area (Å²) < 4.78 is 16.0. The minimum atomic E-state index is -0.354. The number of aromatic amines is 1. The number of H-pyrrole nitrogens is 1. The van der Waals surface area contributed by atoms with Crippen LogP contribution in [0.5, 0.6) is 0 Å². The van der Waals surface area contributed by atoms with Crippen molar-refractivity contribution in [2.75, 3.05) is 20.8 Å². The number of aromatic nitrogens is 1. The van der Waals surface area contributed by atoms with E-state index in [2.05, 4.69) is 22.0 Å². The molecule has 158 valence electrons. The van der Waals surface area contributed by atoms with E-state index in [4.69, 9.17) is 14.2 Å². The quantitative estimate of drug-likeness (QED) is 0.767. The Morgan fingerprint density at radius 2 is 2.00 bits per heavy atom. The molecule has 7 heteroatoms. The molecule has 0 radical (unpaired) electrons. The van der Waals surface area contributed by atoms with Crippen LogP contribution in [-0.2, 0) is 30.2 Å². The Kier molecular flexibility index (Phi) is 4.58. The number of carbonyl (C=O) groups excluding carboxylic acids is 2. The number of esters is 2. The number of benzene rings is 1. The SMILES string of the molecule is COC(=O)C1=CO[C@@H](C)C2CN3C(CC12)c1[nH]c2ccccc2c1C[C@H]3C(=O)OC. The van der Waals surface area contributed by atoms with Gasteiger partial charge in [-0.2, -0.15) is 0 Å². The van der Waals surface area contributed by atoms with Crippen molar-refractivity contribution < 1.29 is 23.8 Å². The highest BCUT2D eigenvalue weighted by Crippen LogP contribution is 2.49. The van der Waals surface area contributed by atoms with Crippen LogP contribution in [0.2, 0.25) is 0 Å². The van der Waals surface area contributed by atoms with Crippen molar-refractivity contribution in [2.24, 2.45) is 11.8 Å². The lowest BCUT2D eigenvalue weighted by molar-refractivity contribution is -0.153. The Morgan fingerprint density at radius 3 is 2.77 bits per heavy atom. The monoisotopic (exact) mass is 410 g/mol. The van der Waals surface area contributed by atoms with Crippen molar-refractivity contribution in [3.63, 3.8) is 0 Å². The van der Waals surface area contributed by atoms with E-state index in [1.54, 1.807) is 6.26 Å². The van der Waals surface area contributed by atoms with Gasteiger partial charge in [-0.3, -0.25) is 9.69 Å².